The number of nitrogens with one attached hydrogen (secondary N) is 1. The first kappa shape index (κ1) is 17.9. The van der Waals surface area contributed by atoms with Crippen LogP contribution in [-0.4, -0.2) is 16.1 Å². The van der Waals surface area contributed by atoms with Crippen molar-refractivity contribution in [2.75, 3.05) is 11.9 Å². The van der Waals surface area contributed by atoms with Crippen LogP contribution in [0, 0.1) is 0 Å². The molecule has 4 nitrogen and oxygen atoms in total. The van der Waals surface area contributed by atoms with Crippen LogP contribution in [0.3, 0.4) is 0 Å². The van der Waals surface area contributed by atoms with Crippen molar-refractivity contribution >= 4 is 5.82 Å². The zero-order chi connectivity index (χ0) is 18.5. The normalized spacial score (nSPS) is 12.2. The maximum atomic E-state index is 12.8. The van der Waals surface area contributed by atoms with Gasteiger partial charge in [0.1, 0.15) is 0 Å². The molecule has 0 bridgehead atoms. The molecule has 134 valence electrons. The molecule has 26 heavy (non-hydrogen) atoms. The third-order valence-corrected chi connectivity index (χ3v) is 4.62. The van der Waals surface area contributed by atoms with Crippen LogP contribution in [0.5, 0.6) is 0 Å². The number of anilines is 1. The van der Waals surface area contributed by atoms with Gasteiger partial charge in [0.2, 0.25) is 0 Å². The molecular formula is C22H25N3O. The Morgan fingerprint density at radius 1 is 0.962 bits per heavy atom. The second-order valence-electron chi connectivity index (χ2n) is 6.89. The van der Waals surface area contributed by atoms with Crippen LogP contribution in [0.4, 0.5) is 5.82 Å². The van der Waals surface area contributed by atoms with E-state index in [0.717, 1.165) is 5.69 Å². The van der Waals surface area contributed by atoms with E-state index in [0.29, 0.717) is 18.3 Å². The first-order valence-electron chi connectivity index (χ1n) is 9.03. The topological polar surface area (TPSA) is 46.9 Å². The number of nitrogens with zero attached hydrogens (tertiary/aromatic N) is 2. The maximum Gasteiger partial charge on any atom is 0.297 e. The minimum Gasteiger partial charge on any atom is -0.365 e. The monoisotopic (exact) mass is 347 g/mol. The maximum absolute atomic E-state index is 12.8. The molecule has 0 saturated heterocycles. The van der Waals surface area contributed by atoms with E-state index in [-0.39, 0.29) is 11.5 Å². The van der Waals surface area contributed by atoms with E-state index in [1.165, 1.54) is 11.1 Å². The Morgan fingerprint density at radius 2 is 1.65 bits per heavy atom. The first-order valence-corrected chi connectivity index (χ1v) is 9.03. The predicted molar refractivity (Wildman–Crippen MR) is 107 cm³/mol. The molecule has 1 atom stereocenters. The summed E-state index contributed by atoms with van der Waals surface area (Å²) >= 11 is 0. The van der Waals surface area contributed by atoms with Gasteiger partial charge in [-0.1, -0.05) is 63.2 Å². The number of hydrogen-bond acceptors (Lipinski definition) is 3. The molecule has 0 aliphatic rings. The van der Waals surface area contributed by atoms with E-state index in [4.69, 9.17) is 0 Å². The standard InChI is InChI=1S/C22H25N3O/c1-16(2)18-9-11-20(12-10-18)25-14-13-23-21(22(25)26)24-15-17(3)19-7-5-4-6-8-19/h4-14,16-17H,15H2,1-3H3,(H,23,24)/t17-/m1/s1. The third-order valence-electron chi connectivity index (χ3n) is 4.62. The van der Waals surface area contributed by atoms with Crippen LogP contribution < -0.4 is 10.9 Å². The van der Waals surface area contributed by atoms with Crippen molar-refractivity contribution in [2.45, 2.75) is 32.6 Å². The van der Waals surface area contributed by atoms with Crippen molar-refractivity contribution in [1.29, 1.82) is 0 Å². The molecule has 0 unspecified atom stereocenters. The molecule has 2 aromatic carbocycles. The zero-order valence-electron chi connectivity index (χ0n) is 15.5. The van der Waals surface area contributed by atoms with Gasteiger partial charge in [-0.2, -0.15) is 0 Å². The van der Waals surface area contributed by atoms with Crippen LogP contribution in [-0.2, 0) is 0 Å². The lowest BCUT2D eigenvalue weighted by molar-refractivity contribution is 0.796. The van der Waals surface area contributed by atoms with Crippen LogP contribution in [0.15, 0.2) is 71.8 Å². The molecule has 3 rings (SSSR count). The first-order chi connectivity index (χ1) is 12.6. The number of aromatic nitrogens is 2. The Labute approximate surface area is 154 Å². The molecule has 3 aromatic rings. The highest BCUT2D eigenvalue weighted by Gasteiger charge is 2.10. The second-order valence-corrected chi connectivity index (χ2v) is 6.89. The highest BCUT2D eigenvalue weighted by atomic mass is 16.1. The van der Waals surface area contributed by atoms with Crippen molar-refractivity contribution < 1.29 is 0 Å². The van der Waals surface area contributed by atoms with Gasteiger partial charge in [-0.3, -0.25) is 9.36 Å². The fourth-order valence-electron chi connectivity index (χ4n) is 2.91. The van der Waals surface area contributed by atoms with E-state index in [9.17, 15) is 4.79 Å². The molecule has 0 aliphatic heterocycles. The second kappa shape index (κ2) is 8.00. The Balaban J connectivity index is 1.78. The Morgan fingerprint density at radius 3 is 2.31 bits per heavy atom. The minimum absolute atomic E-state index is 0.134. The summed E-state index contributed by atoms with van der Waals surface area (Å²) in [6.45, 7) is 7.10. The van der Waals surface area contributed by atoms with Gasteiger partial charge in [0.05, 0.1) is 0 Å². The van der Waals surface area contributed by atoms with E-state index >= 15 is 0 Å². The van der Waals surface area contributed by atoms with Gasteiger partial charge >= 0.3 is 0 Å². The third kappa shape index (κ3) is 4.02. The number of benzene rings is 2. The van der Waals surface area contributed by atoms with Crippen LogP contribution in [0.2, 0.25) is 0 Å². The minimum atomic E-state index is -0.134. The van der Waals surface area contributed by atoms with Crippen LogP contribution in [0.25, 0.3) is 5.69 Å². The van der Waals surface area contributed by atoms with Crippen molar-refractivity contribution in [2.24, 2.45) is 0 Å². The van der Waals surface area contributed by atoms with Gasteiger partial charge in [-0.25, -0.2) is 4.98 Å². The molecule has 1 heterocycles. The fourth-order valence-corrected chi connectivity index (χ4v) is 2.91. The average molecular weight is 347 g/mol. The lowest BCUT2D eigenvalue weighted by atomic mass is 10.0. The molecule has 4 heteroatoms. The highest BCUT2D eigenvalue weighted by molar-refractivity contribution is 5.40. The summed E-state index contributed by atoms with van der Waals surface area (Å²) in [4.78, 5) is 17.0. The molecule has 0 amide bonds. The number of rotatable bonds is 6. The molecule has 0 aliphatic carbocycles. The van der Waals surface area contributed by atoms with Crippen molar-refractivity contribution in [3.05, 3.63) is 88.5 Å². The number of hydrogen-bond donors (Lipinski definition) is 1. The summed E-state index contributed by atoms with van der Waals surface area (Å²) in [6.07, 6.45) is 3.37. The SMILES string of the molecule is CC(C)c1ccc(-n2ccnc(NC[C@@H](C)c3ccccc3)c2=O)cc1. The van der Waals surface area contributed by atoms with E-state index in [1.807, 2.05) is 30.3 Å². The Kier molecular flexibility index (Phi) is 5.52. The van der Waals surface area contributed by atoms with Crippen LogP contribution >= 0.6 is 0 Å². The van der Waals surface area contributed by atoms with Gasteiger partial charge in [0.25, 0.3) is 5.56 Å². The van der Waals surface area contributed by atoms with Crippen LogP contribution in [0.1, 0.15) is 43.7 Å². The van der Waals surface area contributed by atoms with Gasteiger partial charge in [-0.05, 0) is 35.1 Å². The predicted octanol–water partition coefficient (Wildman–Crippen LogP) is 4.57. The average Bonchev–Trinajstić information content (AvgIpc) is 2.67. The van der Waals surface area contributed by atoms with Gasteiger partial charge < -0.3 is 5.32 Å². The van der Waals surface area contributed by atoms with E-state index in [2.05, 4.69) is 55.3 Å². The quantitative estimate of drug-likeness (QED) is 0.710. The molecular weight excluding hydrogens is 322 g/mol. The summed E-state index contributed by atoms with van der Waals surface area (Å²) in [6, 6.07) is 18.3. The fraction of sp³-hybridized carbons (Fsp3) is 0.273. The summed E-state index contributed by atoms with van der Waals surface area (Å²) in [5, 5.41) is 3.21. The highest BCUT2D eigenvalue weighted by Crippen LogP contribution is 2.17. The van der Waals surface area contributed by atoms with E-state index < -0.39 is 0 Å². The molecule has 0 saturated carbocycles. The molecule has 0 fully saturated rings. The molecule has 0 radical (unpaired) electrons. The molecule has 0 spiro atoms. The summed E-state index contributed by atoms with van der Waals surface area (Å²) < 4.78 is 1.63. The molecule has 1 aromatic heterocycles. The molecule has 1 N–H and O–H groups in total. The van der Waals surface area contributed by atoms with Crippen molar-refractivity contribution in [1.82, 2.24) is 9.55 Å². The smallest absolute Gasteiger partial charge is 0.297 e. The van der Waals surface area contributed by atoms with Gasteiger partial charge in [-0.15, -0.1) is 0 Å². The Bertz CT molecular complexity index is 899. The van der Waals surface area contributed by atoms with Crippen molar-refractivity contribution in [3.8, 4) is 5.69 Å². The summed E-state index contributed by atoms with van der Waals surface area (Å²) in [7, 11) is 0. The van der Waals surface area contributed by atoms with Gasteiger partial charge in [0, 0.05) is 24.6 Å². The van der Waals surface area contributed by atoms with Crippen molar-refractivity contribution in [3.63, 3.8) is 0 Å². The summed E-state index contributed by atoms with van der Waals surface area (Å²) in [5.41, 5.74) is 3.21. The zero-order valence-corrected chi connectivity index (χ0v) is 15.5. The lowest BCUT2D eigenvalue weighted by Crippen LogP contribution is -2.24. The lowest BCUT2D eigenvalue weighted by Gasteiger charge is -2.14. The van der Waals surface area contributed by atoms with Gasteiger partial charge in [0.15, 0.2) is 5.82 Å². The Hall–Kier alpha value is -2.88. The largest absolute Gasteiger partial charge is 0.365 e. The summed E-state index contributed by atoms with van der Waals surface area (Å²) in [5.74, 6) is 1.13. The van der Waals surface area contributed by atoms with E-state index in [1.54, 1.807) is 17.0 Å².